The van der Waals surface area contributed by atoms with Gasteiger partial charge in [-0.2, -0.15) is 0 Å². The average Bonchev–Trinajstić information content (AvgIpc) is 2.38. The van der Waals surface area contributed by atoms with Crippen LogP contribution in [0, 0.1) is 5.92 Å². The van der Waals surface area contributed by atoms with Crippen LogP contribution < -0.4 is 10.5 Å². The average molecular weight is 262 g/mol. The van der Waals surface area contributed by atoms with Crippen LogP contribution in [0.3, 0.4) is 0 Å². The van der Waals surface area contributed by atoms with Gasteiger partial charge < -0.3 is 15.4 Å². The molecule has 0 aromatic heterocycles. The smallest absolute Gasteiger partial charge is 0.225 e. The fourth-order valence-electron chi connectivity index (χ4n) is 2.39. The minimum absolute atomic E-state index is 0.136. The zero-order valence-corrected chi connectivity index (χ0v) is 11.4. The third-order valence-corrected chi connectivity index (χ3v) is 3.56. The SMILES string of the molecule is CN(CC1CC(N)C1)C(=O)CCOc1ccccc1. The number of rotatable bonds is 6. The van der Waals surface area contributed by atoms with Gasteiger partial charge in [-0.1, -0.05) is 18.2 Å². The Kier molecular flexibility index (Phi) is 4.80. The molecule has 19 heavy (non-hydrogen) atoms. The van der Waals surface area contributed by atoms with Crippen LogP contribution in [0.2, 0.25) is 0 Å². The summed E-state index contributed by atoms with van der Waals surface area (Å²) in [7, 11) is 1.86. The molecule has 0 bridgehead atoms. The lowest BCUT2D eigenvalue weighted by molar-refractivity contribution is -0.131. The van der Waals surface area contributed by atoms with Crippen molar-refractivity contribution in [3.63, 3.8) is 0 Å². The molecule has 0 aliphatic heterocycles. The van der Waals surface area contributed by atoms with Crippen molar-refractivity contribution in [1.82, 2.24) is 4.90 Å². The Morgan fingerprint density at radius 3 is 2.68 bits per heavy atom. The maximum absolute atomic E-state index is 11.9. The molecule has 0 saturated heterocycles. The van der Waals surface area contributed by atoms with Crippen molar-refractivity contribution >= 4 is 5.91 Å². The van der Waals surface area contributed by atoms with Crippen molar-refractivity contribution < 1.29 is 9.53 Å². The molecule has 1 fully saturated rings. The quantitative estimate of drug-likeness (QED) is 0.848. The van der Waals surface area contributed by atoms with E-state index in [2.05, 4.69) is 0 Å². The summed E-state index contributed by atoms with van der Waals surface area (Å²) in [5.41, 5.74) is 5.74. The highest BCUT2D eigenvalue weighted by atomic mass is 16.5. The number of nitrogens with two attached hydrogens (primary N) is 1. The number of carbonyl (C=O) groups excluding carboxylic acids is 1. The van der Waals surface area contributed by atoms with Gasteiger partial charge in [-0.15, -0.1) is 0 Å². The van der Waals surface area contributed by atoms with Crippen LogP contribution in [0.1, 0.15) is 19.3 Å². The van der Waals surface area contributed by atoms with Gasteiger partial charge in [0.2, 0.25) is 5.91 Å². The van der Waals surface area contributed by atoms with Crippen LogP contribution in [0.5, 0.6) is 5.75 Å². The molecular weight excluding hydrogens is 240 g/mol. The maximum Gasteiger partial charge on any atom is 0.225 e. The third-order valence-electron chi connectivity index (χ3n) is 3.56. The van der Waals surface area contributed by atoms with Crippen molar-refractivity contribution in [3.8, 4) is 5.75 Å². The zero-order valence-electron chi connectivity index (χ0n) is 11.4. The lowest BCUT2D eigenvalue weighted by Gasteiger charge is -2.35. The highest BCUT2D eigenvalue weighted by Gasteiger charge is 2.27. The summed E-state index contributed by atoms with van der Waals surface area (Å²) >= 11 is 0. The standard InChI is InChI=1S/C15H22N2O2/c1-17(11-12-9-13(16)10-12)15(18)7-8-19-14-5-3-2-4-6-14/h2-6,12-13H,7-11,16H2,1H3. The summed E-state index contributed by atoms with van der Waals surface area (Å²) in [6.07, 6.45) is 2.50. The second-order valence-corrected chi connectivity index (χ2v) is 5.28. The minimum atomic E-state index is 0.136. The van der Waals surface area contributed by atoms with Gasteiger partial charge in [-0.3, -0.25) is 4.79 Å². The molecule has 4 heteroatoms. The second-order valence-electron chi connectivity index (χ2n) is 5.28. The fourth-order valence-corrected chi connectivity index (χ4v) is 2.39. The highest BCUT2D eigenvalue weighted by Crippen LogP contribution is 2.26. The van der Waals surface area contributed by atoms with Crippen molar-refractivity contribution in [1.29, 1.82) is 0 Å². The Morgan fingerprint density at radius 1 is 1.37 bits per heavy atom. The highest BCUT2D eigenvalue weighted by molar-refractivity contribution is 5.76. The molecule has 104 valence electrons. The summed E-state index contributed by atoms with van der Waals surface area (Å²) in [5.74, 6) is 1.53. The summed E-state index contributed by atoms with van der Waals surface area (Å²) in [5, 5.41) is 0. The Bertz CT molecular complexity index is 402. The molecule has 1 amide bonds. The van der Waals surface area contributed by atoms with Gasteiger partial charge in [0.05, 0.1) is 13.0 Å². The van der Waals surface area contributed by atoms with E-state index in [1.165, 1.54) is 0 Å². The number of benzene rings is 1. The van der Waals surface area contributed by atoms with E-state index < -0.39 is 0 Å². The lowest BCUT2D eigenvalue weighted by atomic mass is 9.80. The Morgan fingerprint density at radius 2 is 2.05 bits per heavy atom. The number of hydrogen-bond donors (Lipinski definition) is 1. The number of amides is 1. The lowest BCUT2D eigenvalue weighted by Crippen LogP contribution is -2.43. The molecule has 2 rings (SSSR count). The molecule has 1 aliphatic rings. The van der Waals surface area contributed by atoms with Gasteiger partial charge in [0.25, 0.3) is 0 Å². The Hall–Kier alpha value is -1.55. The maximum atomic E-state index is 11.9. The number of nitrogens with zero attached hydrogens (tertiary/aromatic N) is 1. The first kappa shape index (κ1) is 13.9. The molecule has 1 saturated carbocycles. The molecule has 1 aliphatic carbocycles. The van der Waals surface area contributed by atoms with Crippen molar-refractivity contribution in [2.45, 2.75) is 25.3 Å². The molecule has 1 aromatic rings. The van der Waals surface area contributed by atoms with E-state index in [9.17, 15) is 4.79 Å². The van der Waals surface area contributed by atoms with Crippen LogP contribution >= 0.6 is 0 Å². The summed E-state index contributed by atoms with van der Waals surface area (Å²) in [6.45, 7) is 1.25. The first-order chi connectivity index (χ1) is 9.15. The molecule has 2 N–H and O–H groups in total. The summed E-state index contributed by atoms with van der Waals surface area (Å²) < 4.78 is 5.52. The van der Waals surface area contributed by atoms with E-state index in [0.29, 0.717) is 25.0 Å². The molecule has 0 spiro atoms. The number of carbonyl (C=O) groups is 1. The topological polar surface area (TPSA) is 55.6 Å². The van der Waals surface area contributed by atoms with Gasteiger partial charge in [-0.25, -0.2) is 0 Å². The van der Waals surface area contributed by atoms with E-state index in [-0.39, 0.29) is 5.91 Å². The minimum Gasteiger partial charge on any atom is -0.493 e. The number of para-hydroxylation sites is 1. The summed E-state index contributed by atoms with van der Waals surface area (Å²) in [4.78, 5) is 13.7. The van der Waals surface area contributed by atoms with Crippen LogP contribution in [-0.2, 0) is 4.79 Å². The predicted molar refractivity (Wildman–Crippen MR) is 74.9 cm³/mol. The largest absolute Gasteiger partial charge is 0.493 e. The normalized spacial score (nSPS) is 21.6. The van der Waals surface area contributed by atoms with Gasteiger partial charge >= 0.3 is 0 Å². The number of ether oxygens (including phenoxy) is 1. The van der Waals surface area contributed by atoms with E-state index in [1.54, 1.807) is 4.90 Å². The Balaban J connectivity index is 1.63. The predicted octanol–water partition coefficient (Wildman–Crippen LogP) is 1.65. The monoisotopic (exact) mass is 262 g/mol. The van der Waals surface area contributed by atoms with Gasteiger partial charge in [-0.05, 0) is 30.9 Å². The fraction of sp³-hybridized carbons (Fsp3) is 0.533. The first-order valence-corrected chi connectivity index (χ1v) is 6.82. The van der Waals surface area contributed by atoms with Crippen LogP contribution in [0.25, 0.3) is 0 Å². The third kappa shape index (κ3) is 4.24. The van der Waals surface area contributed by atoms with E-state index in [4.69, 9.17) is 10.5 Å². The van der Waals surface area contributed by atoms with Crippen molar-refractivity contribution in [3.05, 3.63) is 30.3 Å². The van der Waals surface area contributed by atoms with Crippen molar-refractivity contribution in [2.75, 3.05) is 20.2 Å². The molecule has 0 atom stereocenters. The van der Waals surface area contributed by atoms with Crippen LogP contribution in [0.15, 0.2) is 30.3 Å². The Labute approximate surface area is 114 Å². The van der Waals surface area contributed by atoms with Gasteiger partial charge in [0.1, 0.15) is 5.75 Å². The first-order valence-electron chi connectivity index (χ1n) is 6.82. The molecule has 0 heterocycles. The molecule has 0 radical (unpaired) electrons. The molecule has 1 aromatic carbocycles. The van der Waals surface area contributed by atoms with E-state index in [0.717, 1.165) is 25.1 Å². The molecular formula is C15H22N2O2. The second kappa shape index (κ2) is 6.57. The van der Waals surface area contributed by atoms with Gasteiger partial charge in [0.15, 0.2) is 0 Å². The molecule has 0 unspecified atom stereocenters. The van der Waals surface area contributed by atoms with E-state index in [1.807, 2.05) is 37.4 Å². The van der Waals surface area contributed by atoms with Crippen LogP contribution in [0.4, 0.5) is 0 Å². The van der Waals surface area contributed by atoms with Crippen molar-refractivity contribution in [2.24, 2.45) is 11.7 Å². The van der Waals surface area contributed by atoms with Gasteiger partial charge in [0, 0.05) is 19.6 Å². The van der Waals surface area contributed by atoms with E-state index >= 15 is 0 Å². The zero-order chi connectivity index (χ0) is 13.7. The van der Waals surface area contributed by atoms with Crippen LogP contribution in [-0.4, -0.2) is 37.0 Å². The molecule has 4 nitrogen and oxygen atoms in total. The number of hydrogen-bond acceptors (Lipinski definition) is 3. The summed E-state index contributed by atoms with van der Waals surface area (Å²) in [6, 6.07) is 9.91.